The molecule has 2 atom stereocenters. The van der Waals surface area contributed by atoms with Crippen LogP contribution < -0.4 is 0 Å². The van der Waals surface area contributed by atoms with Gasteiger partial charge in [0.05, 0.1) is 12.1 Å². The van der Waals surface area contributed by atoms with Crippen LogP contribution in [0.1, 0.15) is 41.6 Å². The number of aryl methyl sites for hydroxylation is 1. The Morgan fingerprint density at radius 2 is 1.95 bits per heavy atom. The highest BCUT2D eigenvalue weighted by Crippen LogP contribution is 2.38. The molecule has 116 valence electrons. The van der Waals surface area contributed by atoms with Crippen molar-refractivity contribution in [3.63, 3.8) is 0 Å². The number of carbonyl (C=O) groups is 2. The number of fused-ring (bicyclic) bond motifs is 1. The van der Waals surface area contributed by atoms with Crippen LogP contribution in [0.4, 0.5) is 0 Å². The van der Waals surface area contributed by atoms with Gasteiger partial charge in [0.15, 0.2) is 0 Å². The maximum absolute atomic E-state index is 12.9. The number of carbonyl (C=O) groups excluding carboxylic acids is 2. The summed E-state index contributed by atoms with van der Waals surface area (Å²) in [7, 11) is 0. The second-order valence-electron chi connectivity index (χ2n) is 6.93. The SMILES string of the molecule is Cc1ccccc1C(=O)N1CC[C@@H]2[C@H]1CC(=O)N2CC1CC1. The first-order valence-corrected chi connectivity index (χ1v) is 8.31. The summed E-state index contributed by atoms with van der Waals surface area (Å²) in [5.41, 5.74) is 1.78. The zero-order valence-corrected chi connectivity index (χ0v) is 13.0. The van der Waals surface area contributed by atoms with Gasteiger partial charge in [-0.05, 0) is 43.7 Å². The van der Waals surface area contributed by atoms with Crippen LogP contribution in [0.5, 0.6) is 0 Å². The number of hydrogen-bond acceptors (Lipinski definition) is 2. The lowest BCUT2D eigenvalue weighted by Crippen LogP contribution is -2.40. The third-order valence-corrected chi connectivity index (χ3v) is 5.40. The standard InChI is InChI=1S/C18H22N2O2/c1-12-4-2-3-5-14(12)18(22)19-9-8-15-16(19)10-17(21)20(15)11-13-6-7-13/h2-5,13,15-16H,6-11H2,1H3/t15-,16-/m1/s1. The molecule has 0 aromatic heterocycles. The van der Waals surface area contributed by atoms with Crippen LogP contribution in [0.3, 0.4) is 0 Å². The van der Waals surface area contributed by atoms with E-state index in [-0.39, 0.29) is 23.9 Å². The van der Waals surface area contributed by atoms with Crippen molar-refractivity contribution in [3.05, 3.63) is 35.4 Å². The number of rotatable bonds is 3. The van der Waals surface area contributed by atoms with Gasteiger partial charge < -0.3 is 9.80 Å². The Kier molecular flexibility index (Phi) is 3.21. The van der Waals surface area contributed by atoms with Crippen molar-refractivity contribution in [3.8, 4) is 0 Å². The van der Waals surface area contributed by atoms with Gasteiger partial charge in [-0.25, -0.2) is 0 Å². The molecule has 0 unspecified atom stereocenters. The van der Waals surface area contributed by atoms with Crippen molar-refractivity contribution in [2.24, 2.45) is 5.92 Å². The molecule has 22 heavy (non-hydrogen) atoms. The monoisotopic (exact) mass is 298 g/mol. The largest absolute Gasteiger partial charge is 0.337 e. The lowest BCUT2D eigenvalue weighted by atomic mass is 10.1. The molecule has 2 aliphatic heterocycles. The molecule has 0 N–H and O–H groups in total. The molecular formula is C18H22N2O2. The molecular weight excluding hydrogens is 276 g/mol. The fourth-order valence-corrected chi connectivity index (χ4v) is 3.96. The Morgan fingerprint density at radius 1 is 1.18 bits per heavy atom. The van der Waals surface area contributed by atoms with E-state index in [4.69, 9.17) is 0 Å². The molecule has 2 amide bonds. The molecule has 1 saturated carbocycles. The quantitative estimate of drug-likeness (QED) is 0.858. The van der Waals surface area contributed by atoms with Gasteiger partial charge in [0.2, 0.25) is 5.91 Å². The topological polar surface area (TPSA) is 40.6 Å². The molecule has 0 bridgehead atoms. The van der Waals surface area contributed by atoms with Crippen LogP contribution in [0.2, 0.25) is 0 Å². The van der Waals surface area contributed by atoms with E-state index in [1.165, 1.54) is 12.8 Å². The highest BCUT2D eigenvalue weighted by Gasteiger charge is 2.49. The smallest absolute Gasteiger partial charge is 0.254 e. The molecule has 3 fully saturated rings. The first-order valence-electron chi connectivity index (χ1n) is 8.31. The Balaban J connectivity index is 1.54. The normalized spacial score (nSPS) is 27.4. The lowest BCUT2D eigenvalue weighted by Gasteiger charge is -2.25. The Hall–Kier alpha value is -1.84. The fraction of sp³-hybridized carbons (Fsp3) is 0.556. The predicted molar refractivity (Wildman–Crippen MR) is 83.5 cm³/mol. The molecule has 2 saturated heterocycles. The second-order valence-corrected chi connectivity index (χ2v) is 6.93. The van der Waals surface area contributed by atoms with Gasteiger partial charge in [0.1, 0.15) is 0 Å². The molecule has 1 aromatic rings. The maximum atomic E-state index is 12.9. The van der Waals surface area contributed by atoms with Crippen molar-refractivity contribution >= 4 is 11.8 Å². The van der Waals surface area contributed by atoms with Gasteiger partial charge in [0.25, 0.3) is 5.91 Å². The maximum Gasteiger partial charge on any atom is 0.254 e. The van der Waals surface area contributed by atoms with E-state index in [1.54, 1.807) is 0 Å². The fourth-order valence-electron chi connectivity index (χ4n) is 3.96. The van der Waals surface area contributed by atoms with Crippen LogP contribution in [0.15, 0.2) is 24.3 Å². The summed E-state index contributed by atoms with van der Waals surface area (Å²) in [6.45, 7) is 3.66. The Bertz CT molecular complexity index is 623. The van der Waals surface area contributed by atoms with Gasteiger partial charge >= 0.3 is 0 Å². The number of amides is 2. The summed E-state index contributed by atoms with van der Waals surface area (Å²) in [5, 5.41) is 0. The molecule has 2 heterocycles. The molecule has 4 heteroatoms. The first kappa shape index (κ1) is 13.8. The van der Waals surface area contributed by atoms with Crippen LogP contribution >= 0.6 is 0 Å². The molecule has 0 spiro atoms. The van der Waals surface area contributed by atoms with Gasteiger partial charge in [-0.2, -0.15) is 0 Å². The molecule has 4 nitrogen and oxygen atoms in total. The van der Waals surface area contributed by atoms with E-state index < -0.39 is 0 Å². The average molecular weight is 298 g/mol. The molecule has 4 rings (SSSR count). The predicted octanol–water partition coefficient (Wildman–Crippen LogP) is 2.22. The number of nitrogens with zero attached hydrogens (tertiary/aromatic N) is 2. The summed E-state index contributed by atoms with van der Waals surface area (Å²) >= 11 is 0. The second kappa shape index (κ2) is 5.11. The van der Waals surface area contributed by atoms with Gasteiger partial charge in [-0.3, -0.25) is 9.59 Å². The first-order chi connectivity index (χ1) is 10.6. The zero-order valence-electron chi connectivity index (χ0n) is 13.0. The van der Waals surface area contributed by atoms with E-state index >= 15 is 0 Å². The minimum atomic E-state index is 0.0818. The number of benzene rings is 1. The average Bonchev–Trinajstić information content (AvgIpc) is 3.16. The van der Waals surface area contributed by atoms with Gasteiger partial charge in [-0.1, -0.05) is 18.2 Å². The molecule has 0 radical (unpaired) electrons. The van der Waals surface area contributed by atoms with Crippen LogP contribution in [-0.4, -0.2) is 46.8 Å². The van der Waals surface area contributed by atoms with Crippen molar-refractivity contribution in [1.29, 1.82) is 0 Å². The van der Waals surface area contributed by atoms with Gasteiger partial charge in [-0.15, -0.1) is 0 Å². The van der Waals surface area contributed by atoms with Crippen molar-refractivity contribution < 1.29 is 9.59 Å². The van der Waals surface area contributed by atoms with E-state index in [2.05, 4.69) is 4.90 Å². The third kappa shape index (κ3) is 2.21. The lowest BCUT2D eigenvalue weighted by molar-refractivity contribution is -0.129. The molecule has 3 aliphatic rings. The number of hydrogen-bond donors (Lipinski definition) is 0. The highest BCUT2D eigenvalue weighted by atomic mass is 16.2. The van der Waals surface area contributed by atoms with Crippen LogP contribution in [0.25, 0.3) is 0 Å². The van der Waals surface area contributed by atoms with E-state index in [1.807, 2.05) is 36.1 Å². The van der Waals surface area contributed by atoms with E-state index in [9.17, 15) is 9.59 Å². The minimum Gasteiger partial charge on any atom is -0.337 e. The summed E-state index contributed by atoms with van der Waals surface area (Å²) in [6, 6.07) is 8.06. The molecule has 1 aliphatic carbocycles. The third-order valence-electron chi connectivity index (χ3n) is 5.40. The molecule has 1 aromatic carbocycles. The summed E-state index contributed by atoms with van der Waals surface area (Å²) < 4.78 is 0. The Labute approximate surface area is 131 Å². The minimum absolute atomic E-state index is 0.0818. The Morgan fingerprint density at radius 3 is 2.68 bits per heavy atom. The van der Waals surface area contributed by atoms with Crippen LogP contribution in [-0.2, 0) is 4.79 Å². The van der Waals surface area contributed by atoms with Crippen LogP contribution in [0, 0.1) is 12.8 Å². The highest BCUT2D eigenvalue weighted by molar-refractivity contribution is 5.96. The van der Waals surface area contributed by atoms with Gasteiger partial charge in [0, 0.05) is 25.1 Å². The van der Waals surface area contributed by atoms with Crippen molar-refractivity contribution in [1.82, 2.24) is 9.80 Å². The summed E-state index contributed by atoms with van der Waals surface area (Å²) in [5.74, 6) is 1.04. The van der Waals surface area contributed by atoms with Crippen molar-refractivity contribution in [2.75, 3.05) is 13.1 Å². The van der Waals surface area contributed by atoms with E-state index in [0.717, 1.165) is 30.6 Å². The van der Waals surface area contributed by atoms with Crippen molar-refractivity contribution in [2.45, 2.75) is 44.7 Å². The summed E-state index contributed by atoms with van der Waals surface area (Å²) in [4.78, 5) is 29.2. The number of likely N-dealkylation sites (tertiary alicyclic amines) is 2. The zero-order chi connectivity index (χ0) is 15.3. The summed E-state index contributed by atoms with van der Waals surface area (Å²) in [6.07, 6.45) is 3.95. The van der Waals surface area contributed by atoms with E-state index in [0.29, 0.717) is 12.3 Å².